The first-order valence-corrected chi connectivity index (χ1v) is 9.79. The lowest BCUT2D eigenvalue weighted by Gasteiger charge is -2.31. The first-order valence-electron chi connectivity index (χ1n) is 9.79. The van der Waals surface area contributed by atoms with E-state index in [1.807, 2.05) is 11.0 Å². The Hall–Kier alpha value is -3.41. The molecule has 0 aromatic heterocycles. The van der Waals surface area contributed by atoms with Gasteiger partial charge < -0.3 is 19.7 Å². The van der Waals surface area contributed by atoms with Crippen molar-refractivity contribution in [3.05, 3.63) is 47.5 Å². The van der Waals surface area contributed by atoms with Crippen molar-refractivity contribution < 1.29 is 27.4 Å². The van der Waals surface area contributed by atoms with Crippen molar-refractivity contribution in [2.75, 3.05) is 37.0 Å². The van der Waals surface area contributed by atoms with Crippen LogP contribution in [0.5, 0.6) is 11.5 Å². The van der Waals surface area contributed by atoms with Gasteiger partial charge in [0.15, 0.2) is 18.1 Å². The molecule has 1 heterocycles. The Morgan fingerprint density at radius 1 is 1.13 bits per heavy atom. The van der Waals surface area contributed by atoms with Crippen LogP contribution in [0.25, 0.3) is 0 Å². The number of hydrogen-bond acceptors (Lipinski definition) is 5. The quantitative estimate of drug-likeness (QED) is 0.721. The summed E-state index contributed by atoms with van der Waals surface area (Å²) in [6.07, 6.45) is -1.57. The van der Waals surface area contributed by atoms with E-state index in [2.05, 4.69) is 5.32 Å². The van der Waals surface area contributed by atoms with Gasteiger partial charge in [-0.25, -0.2) is 0 Å². The zero-order valence-electron chi connectivity index (χ0n) is 17.0. The van der Waals surface area contributed by atoms with Crippen molar-refractivity contribution in [1.82, 2.24) is 0 Å². The highest BCUT2D eigenvalue weighted by Gasteiger charge is 2.32. The van der Waals surface area contributed by atoms with E-state index in [0.29, 0.717) is 24.3 Å². The zero-order chi connectivity index (χ0) is 22.4. The Morgan fingerprint density at radius 2 is 1.87 bits per heavy atom. The number of piperidine rings is 1. The highest BCUT2D eigenvalue weighted by Crippen LogP contribution is 2.36. The predicted molar refractivity (Wildman–Crippen MR) is 109 cm³/mol. The summed E-state index contributed by atoms with van der Waals surface area (Å²) >= 11 is 0. The van der Waals surface area contributed by atoms with E-state index in [4.69, 9.17) is 14.7 Å². The molecule has 0 atom stereocenters. The molecule has 3 rings (SSSR count). The van der Waals surface area contributed by atoms with E-state index in [1.54, 1.807) is 0 Å². The zero-order valence-corrected chi connectivity index (χ0v) is 17.0. The second-order valence-corrected chi connectivity index (χ2v) is 7.09. The summed E-state index contributed by atoms with van der Waals surface area (Å²) in [5.41, 5.74) is 0.177. The van der Waals surface area contributed by atoms with Gasteiger partial charge in [-0.3, -0.25) is 4.79 Å². The Morgan fingerprint density at radius 3 is 2.52 bits per heavy atom. The molecule has 0 saturated carbocycles. The van der Waals surface area contributed by atoms with Crippen LogP contribution in [0.2, 0.25) is 0 Å². The lowest BCUT2D eigenvalue weighted by Crippen LogP contribution is -2.31. The van der Waals surface area contributed by atoms with Crippen molar-refractivity contribution >= 4 is 17.3 Å². The van der Waals surface area contributed by atoms with Crippen LogP contribution in [0.3, 0.4) is 0 Å². The lowest BCUT2D eigenvalue weighted by atomic mass is 10.1. The van der Waals surface area contributed by atoms with Gasteiger partial charge in [0.05, 0.1) is 35.7 Å². The Kier molecular flexibility index (Phi) is 6.90. The smallest absolute Gasteiger partial charge is 0.416 e. The van der Waals surface area contributed by atoms with Crippen LogP contribution in [0.1, 0.15) is 30.4 Å². The van der Waals surface area contributed by atoms with Crippen molar-refractivity contribution in [2.45, 2.75) is 25.4 Å². The fourth-order valence-electron chi connectivity index (χ4n) is 3.41. The Balaban J connectivity index is 1.77. The van der Waals surface area contributed by atoms with Gasteiger partial charge >= 0.3 is 6.18 Å². The standard InChI is InChI=1S/C22H22F3N3O3/c1-30-20-11-15(13-26)5-8-19(20)31-14-21(29)27-17-12-16(22(23,24)25)6-7-18(17)28-9-3-2-4-10-28/h5-8,11-12H,2-4,9-10,14H2,1H3,(H,27,29). The van der Waals surface area contributed by atoms with E-state index in [-0.39, 0.29) is 17.2 Å². The van der Waals surface area contributed by atoms with Gasteiger partial charge in [0.1, 0.15) is 0 Å². The highest BCUT2D eigenvalue weighted by atomic mass is 19.4. The summed E-state index contributed by atoms with van der Waals surface area (Å²) in [5, 5.41) is 11.5. The molecule has 0 bridgehead atoms. The summed E-state index contributed by atoms with van der Waals surface area (Å²) in [5.74, 6) is -0.0825. The van der Waals surface area contributed by atoms with E-state index < -0.39 is 24.3 Å². The van der Waals surface area contributed by atoms with E-state index in [0.717, 1.165) is 31.4 Å². The summed E-state index contributed by atoms with van der Waals surface area (Å²) in [6.45, 7) is 0.998. The molecular formula is C22H22F3N3O3. The number of carbonyl (C=O) groups is 1. The molecule has 0 unspecified atom stereocenters. The third kappa shape index (κ3) is 5.60. The number of nitriles is 1. The maximum absolute atomic E-state index is 13.2. The number of methoxy groups -OCH3 is 1. The van der Waals surface area contributed by atoms with Crippen molar-refractivity contribution in [2.24, 2.45) is 0 Å². The first kappa shape index (κ1) is 22.3. The van der Waals surface area contributed by atoms with Crippen molar-refractivity contribution in [3.8, 4) is 17.6 Å². The third-order valence-corrected chi connectivity index (χ3v) is 4.95. The summed E-state index contributed by atoms with van der Waals surface area (Å²) in [6, 6.07) is 9.81. The van der Waals surface area contributed by atoms with E-state index in [1.165, 1.54) is 31.4 Å². The van der Waals surface area contributed by atoms with Crippen LogP contribution < -0.4 is 19.7 Å². The van der Waals surface area contributed by atoms with Crippen LogP contribution >= 0.6 is 0 Å². The number of benzene rings is 2. The minimum Gasteiger partial charge on any atom is -0.493 e. The van der Waals surface area contributed by atoms with Crippen LogP contribution in [0, 0.1) is 11.3 Å². The van der Waals surface area contributed by atoms with E-state index in [9.17, 15) is 18.0 Å². The molecule has 0 radical (unpaired) electrons. The average Bonchev–Trinajstić information content (AvgIpc) is 2.77. The predicted octanol–water partition coefficient (Wildman–Crippen LogP) is 4.59. The molecule has 0 aliphatic carbocycles. The number of nitrogens with zero attached hydrogens (tertiary/aromatic N) is 2. The molecule has 1 N–H and O–H groups in total. The lowest BCUT2D eigenvalue weighted by molar-refractivity contribution is -0.137. The maximum atomic E-state index is 13.2. The van der Waals surface area contributed by atoms with Gasteiger partial charge in [-0.1, -0.05) is 0 Å². The minimum absolute atomic E-state index is 0.0946. The Bertz CT molecular complexity index is 980. The fourth-order valence-corrected chi connectivity index (χ4v) is 3.41. The molecule has 6 nitrogen and oxygen atoms in total. The molecule has 1 saturated heterocycles. The summed E-state index contributed by atoms with van der Waals surface area (Å²) < 4.78 is 50.2. The van der Waals surface area contributed by atoms with Crippen molar-refractivity contribution in [1.29, 1.82) is 5.26 Å². The number of halogens is 3. The highest BCUT2D eigenvalue weighted by molar-refractivity contribution is 5.95. The Labute approximate surface area is 178 Å². The number of anilines is 2. The number of hydrogen-bond donors (Lipinski definition) is 1. The van der Waals surface area contributed by atoms with Crippen LogP contribution in [0.15, 0.2) is 36.4 Å². The molecule has 1 aliphatic rings. The summed E-state index contributed by atoms with van der Waals surface area (Å²) in [4.78, 5) is 14.5. The number of amides is 1. The second-order valence-electron chi connectivity index (χ2n) is 7.09. The summed E-state index contributed by atoms with van der Waals surface area (Å²) in [7, 11) is 1.40. The largest absolute Gasteiger partial charge is 0.493 e. The number of rotatable bonds is 6. The van der Waals surface area contributed by atoms with Gasteiger partial charge in [0.25, 0.3) is 5.91 Å². The monoisotopic (exact) mass is 433 g/mol. The molecule has 2 aromatic rings. The van der Waals surface area contributed by atoms with Crippen LogP contribution in [0.4, 0.5) is 24.5 Å². The number of ether oxygens (including phenoxy) is 2. The SMILES string of the molecule is COc1cc(C#N)ccc1OCC(=O)Nc1cc(C(F)(F)F)ccc1N1CCCCC1. The first-order chi connectivity index (χ1) is 14.8. The van der Waals surface area contributed by atoms with Crippen LogP contribution in [-0.2, 0) is 11.0 Å². The molecule has 2 aromatic carbocycles. The van der Waals surface area contributed by atoms with Gasteiger partial charge in [0.2, 0.25) is 0 Å². The topological polar surface area (TPSA) is 74.6 Å². The minimum atomic E-state index is -4.52. The molecule has 9 heteroatoms. The molecule has 31 heavy (non-hydrogen) atoms. The molecule has 1 fully saturated rings. The molecule has 1 aliphatic heterocycles. The second kappa shape index (κ2) is 9.60. The maximum Gasteiger partial charge on any atom is 0.416 e. The third-order valence-electron chi connectivity index (χ3n) is 4.95. The van der Waals surface area contributed by atoms with Crippen LogP contribution in [-0.4, -0.2) is 32.7 Å². The molecule has 0 spiro atoms. The molecule has 1 amide bonds. The number of alkyl halides is 3. The number of carbonyl (C=O) groups excluding carboxylic acids is 1. The fraction of sp³-hybridized carbons (Fsp3) is 0.364. The number of nitrogens with one attached hydrogen (secondary N) is 1. The average molecular weight is 433 g/mol. The normalized spacial score (nSPS) is 14.0. The molecular weight excluding hydrogens is 411 g/mol. The van der Waals surface area contributed by atoms with Gasteiger partial charge in [-0.05, 0) is 49.6 Å². The van der Waals surface area contributed by atoms with Crippen molar-refractivity contribution in [3.63, 3.8) is 0 Å². The van der Waals surface area contributed by atoms with Gasteiger partial charge in [-0.2, -0.15) is 18.4 Å². The van der Waals surface area contributed by atoms with E-state index >= 15 is 0 Å². The van der Waals surface area contributed by atoms with Gasteiger partial charge in [0, 0.05) is 19.2 Å². The van der Waals surface area contributed by atoms with Gasteiger partial charge in [-0.15, -0.1) is 0 Å². The molecule has 164 valence electrons.